The summed E-state index contributed by atoms with van der Waals surface area (Å²) in [5, 5.41) is -0.207. The van der Waals surface area contributed by atoms with Crippen molar-refractivity contribution in [2.45, 2.75) is 37.9 Å². The average molecular weight is 422 g/mol. The molecule has 0 bridgehead atoms. The van der Waals surface area contributed by atoms with Gasteiger partial charge < -0.3 is 14.5 Å². The SMILES string of the molecule is CC(C)c1nc(CN)n(Cc2cccnc2)c1S(=O)(=O)Oc1cc(F)cc(F)c1. The fraction of sp³-hybridized carbons (Fsp3) is 0.263. The third kappa shape index (κ3) is 4.60. The zero-order valence-electron chi connectivity index (χ0n) is 15.8. The number of pyridine rings is 1. The summed E-state index contributed by atoms with van der Waals surface area (Å²) in [6.45, 7) is 3.68. The third-order valence-electron chi connectivity index (χ3n) is 4.10. The molecule has 0 saturated carbocycles. The summed E-state index contributed by atoms with van der Waals surface area (Å²) in [5.74, 6) is -2.31. The highest BCUT2D eigenvalue weighted by atomic mass is 32.2. The van der Waals surface area contributed by atoms with Crippen LogP contribution in [0.4, 0.5) is 8.78 Å². The summed E-state index contributed by atoms with van der Waals surface area (Å²) >= 11 is 0. The number of rotatable bonds is 7. The molecule has 3 aromatic rings. The molecule has 7 nitrogen and oxygen atoms in total. The zero-order chi connectivity index (χ0) is 21.2. The van der Waals surface area contributed by atoms with Crippen LogP contribution in [-0.2, 0) is 23.2 Å². The first-order chi connectivity index (χ1) is 13.7. The van der Waals surface area contributed by atoms with Gasteiger partial charge in [-0.2, -0.15) is 8.42 Å². The second kappa shape index (κ2) is 8.26. The lowest BCUT2D eigenvalue weighted by Gasteiger charge is -2.14. The molecule has 29 heavy (non-hydrogen) atoms. The number of hydrogen-bond donors (Lipinski definition) is 1. The molecule has 2 heterocycles. The Balaban J connectivity index is 2.13. The van der Waals surface area contributed by atoms with Crippen LogP contribution in [0.25, 0.3) is 0 Å². The smallest absolute Gasteiger partial charge is 0.357 e. The Morgan fingerprint density at radius 3 is 2.45 bits per heavy atom. The van der Waals surface area contributed by atoms with E-state index in [1.54, 1.807) is 38.4 Å². The van der Waals surface area contributed by atoms with Crippen LogP contribution in [0.3, 0.4) is 0 Å². The van der Waals surface area contributed by atoms with Gasteiger partial charge in [0, 0.05) is 30.6 Å². The predicted octanol–water partition coefficient (Wildman–Crippen LogP) is 2.95. The van der Waals surface area contributed by atoms with E-state index < -0.39 is 27.5 Å². The summed E-state index contributed by atoms with van der Waals surface area (Å²) in [6, 6.07) is 5.71. The van der Waals surface area contributed by atoms with Crippen LogP contribution in [0.5, 0.6) is 5.75 Å². The van der Waals surface area contributed by atoms with Crippen molar-refractivity contribution in [1.82, 2.24) is 14.5 Å². The highest BCUT2D eigenvalue weighted by molar-refractivity contribution is 7.87. The van der Waals surface area contributed by atoms with Crippen LogP contribution < -0.4 is 9.92 Å². The van der Waals surface area contributed by atoms with Crippen LogP contribution in [0.15, 0.2) is 47.8 Å². The van der Waals surface area contributed by atoms with E-state index in [2.05, 4.69) is 9.97 Å². The molecular weight excluding hydrogens is 402 g/mol. The fourth-order valence-corrected chi connectivity index (χ4v) is 4.28. The molecule has 0 atom stereocenters. The molecule has 2 aromatic heterocycles. The van der Waals surface area contributed by atoms with E-state index in [0.717, 1.165) is 17.7 Å². The molecule has 0 saturated heterocycles. The molecule has 0 spiro atoms. The maximum Gasteiger partial charge on any atom is 0.357 e. The van der Waals surface area contributed by atoms with E-state index >= 15 is 0 Å². The molecule has 0 amide bonds. The minimum Gasteiger partial charge on any atom is -0.378 e. The number of imidazole rings is 1. The fourth-order valence-electron chi connectivity index (χ4n) is 2.88. The Bertz CT molecular complexity index is 1100. The summed E-state index contributed by atoms with van der Waals surface area (Å²) in [4.78, 5) is 8.41. The molecule has 0 aliphatic carbocycles. The van der Waals surface area contributed by atoms with Gasteiger partial charge in [-0.3, -0.25) is 4.98 Å². The van der Waals surface area contributed by atoms with Gasteiger partial charge in [-0.05, 0) is 17.5 Å². The van der Waals surface area contributed by atoms with Gasteiger partial charge in [-0.15, -0.1) is 0 Å². The maximum atomic E-state index is 13.5. The Morgan fingerprint density at radius 1 is 1.21 bits per heavy atom. The summed E-state index contributed by atoms with van der Waals surface area (Å²) in [7, 11) is -4.47. The van der Waals surface area contributed by atoms with Crippen molar-refractivity contribution >= 4 is 10.1 Å². The monoisotopic (exact) mass is 422 g/mol. The summed E-state index contributed by atoms with van der Waals surface area (Å²) in [5.41, 5.74) is 6.77. The topological polar surface area (TPSA) is 100 Å². The van der Waals surface area contributed by atoms with Crippen LogP contribution in [-0.4, -0.2) is 23.0 Å². The second-order valence-corrected chi connectivity index (χ2v) is 8.13. The van der Waals surface area contributed by atoms with Crippen molar-refractivity contribution in [3.8, 4) is 5.75 Å². The first-order valence-corrected chi connectivity index (χ1v) is 10.2. The molecular formula is C19H20F2N4O3S. The zero-order valence-corrected chi connectivity index (χ0v) is 16.7. The second-order valence-electron chi connectivity index (χ2n) is 6.67. The quantitative estimate of drug-likeness (QED) is 0.588. The van der Waals surface area contributed by atoms with Crippen molar-refractivity contribution < 1.29 is 21.4 Å². The van der Waals surface area contributed by atoms with Gasteiger partial charge in [0.05, 0.1) is 18.8 Å². The number of halogens is 2. The van der Waals surface area contributed by atoms with E-state index in [1.807, 2.05) is 0 Å². The molecule has 154 valence electrons. The van der Waals surface area contributed by atoms with Gasteiger partial charge in [0.15, 0.2) is 5.03 Å². The Morgan fingerprint density at radius 2 is 1.90 bits per heavy atom. The highest BCUT2D eigenvalue weighted by Gasteiger charge is 2.31. The molecule has 0 unspecified atom stereocenters. The Labute approximate surface area is 167 Å². The van der Waals surface area contributed by atoms with Gasteiger partial charge in [-0.1, -0.05) is 19.9 Å². The van der Waals surface area contributed by atoms with Gasteiger partial charge in [0.25, 0.3) is 0 Å². The lowest BCUT2D eigenvalue weighted by atomic mass is 10.1. The third-order valence-corrected chi connectivity index (χ3v) is 5.41. The molecule has 0 radical (unpaired) electrons. The first kappa shape index (κ1) is 20.9. The van der Waals surface area contributed by atoms with Gasteiger partial charge >= 0.3 is 10.1 Å². The molecule has 1 aromatic carbocycles. The van der Waals surface area contributed by atoms with Crippen molar-refractivity contribution in [3.63, 3.8) is 0 Å². The number of benzene rings is 1. The van der Waals surface area contributed by atoms with Crippen LogP contribution in [0.2, 0.25) is 0 Å². The van der Waals surface area contributed by atoms with Crippen LogP contribution in [0.1, 0.15) is 36.8 Å². The minimum absolute atomic E-state index is 0.00983. The number of hydrogen-bond acceptors (Lipinski definition) is 6. The lowest BCUT2D eigenvalue weighted by Crippen LogP contribution is -2.20. The van der Waals surface area contributed by atoms with E-state index in [1.165, 1.54) is 4.57 Å². The minimum atomic E-state index is -4.47. The number of nitrogens with two attached hydrogens (primary N) is 1. The van der Waals surface area contributed by atoms with Crippen LogP contribution in [0, 0.1) is 11.6 Å². The van der Waals surface area contributed by atoms with Crippen molar-refractivity contribution in [3.05, 3.63) is 71.4 Å². The predicted molar refractivity (Wildman–Crippen MR) is 102 cm³/mol. The Hall–Kier alpha value is -2.85. The molecule has 0 aliphatic heterocycles. The first-order valence-electron chi connectivity index (χ1n) is 8.80. The summed E-state index contributed by atoms with van der Waals surface area (Å²) in [6.07, 6.45) is 3.19. The highest BCUT2D eigenvalue weighted by Crippen LogP contribution is 2.29. The Kier molecular flexibility index (Phi) is 5.94. The van der Waals surface area contributed by atoms with E-state index in [0.29, 0.717) is 11.9 Å². The summed E-state index contributed by atoms with van der Waals surface area (Å²) < 4.78 is 59.7. The van der Waals surface area contributed by atoms with Gasteiger partial charge in [0.2, 0.25) is 0 Å². The molecule has 0 aliphatic rings. The van der Waals surface area contributed by atoms with E-state index in [4.69, 9.17) is 9.92 Å². The average Bonchev–Trinajstić information content (AvgIpc) is 3.01. The van der Waals surface area contributed by atoms with Crippen molar-refractivity contribution in [2.75, 3.05) is 0 Å². The van der Waals surface area contributed by atoms with Gasteiger partial charge in [-0.25, -0.2) is 13.8 Å². The van der Waals surface area contributed by atoms with E-state index in [-0.39, 0.29) is 29.7 Å². The van der Waals surface area contributed by atoms with E-state index in [9.17, 15) is 17.2 Å². The lowest BCUT2D eigenvalue weighted by molar-refractivity contribution is 0.465. The molecule has 2 N–H and O–H groups in total. The normalized spacial score (nSPS) is 11.8. The van der Waals surface area contributed by atoms with Crippen molar-refractivity contribution in [1.29, 1.82) is 0 Å². The largest absolute Gasteiger partial charge is 0.378 e. The van der Waals surface area contributed by atoms with Crippen molar-refractivity contribution in [2.24, 2.45) is 5.73 Å². The standard InChI is InChI=1S/C19H20F2N4O3S/c1-12(2)18-19(29(26,27)28-16-7-14(20)6-15(21)8-16)25(17(9-22)24-18)11-13-4-3-5-23-10-13/h3-8,10,12H,9,11,22H2,1-2H3. The number of nitrogens with zero attached hydrogens (tertiary/aromatic N) is 3. The molecule has 3 rings (SSSR count). The van der Waals surface area contributed by atoms with Crippen LogP contribution >= 0.6 is 0 Å². The molecule has 10 heteroatoms. The molecule has 0 fully saturated rings. The number of aromatic nitrogens is 3. The maximum absolute atomic E-state index is 13.5. The van der Waals surface area contributed by atoms with Gasteiger partial charge in [0.1, 0.15) is 23.2 Å².